The first-order chi connectivity index (χ1) is 10.3. The van der Waals surface area contributed by atoms with Crippen LogP contribution in [0.15, 0.2) is 30.5 Å². The van der Waals surface area contributed by atoms with Gasteiger partial charge in [0.15, 0.2) is 0 Å². The number of fused-ring (bicyclic) bond motifs is 1. The predicted molar refractivity (Wildman–Crippen MR) is 77.5 cm³/mol. The van der Waals surface area contributed by atoms with Crippen molar-refractivity contribution < 1.29 is 4.79 Å². The summed E-state index contributed by atoms with van der Waals surface area (Å²) in [4.78, 5) is 16.5. The fraction of sp³-hybridized carbons (Fsp3) is 0.312. The quantitative estimate of drug-likeness (QED) is 0.928. The molecule has 1 aromatic carbocycles. The minimum Gasteiger partial charge on any atom is -0.347 e. The van der Waals surface area contributed by atoms with Gasteiger partial charge in [-0.3, -0.25) is 4.79 Å². The summed E-state index contributed by atoms with van der Waals surface area (Å²) in [6.07, 6.45) is 4.08. The van der Waals surface area contributed by atoms with Gasteiger partial charge in [-0.15, -0.1) is 0 Å². The van der Waals surface area contributed by atoms with Gasteiger partial charge in [0, 0.05) is 19.5 Å². The molecule has 2 heterocycles. The maximum absolute atomic E-state index is 12.2. The number of hydrogen-bond donors (Lipinski definition) is 1. The van der Waals surface area contributed by atoms with Crippen LogP contribution in [0, 0.1) is 11.3 Å². The summed E-state index contributed by atoms with van der Waals surface area (Å²) < 4.78 is 1.99. The number of nitrogens with one attached hydrogen (secondary N) is 1. The summed E-state index contributed by atoms with van der Waals surface area (Å²) in [6.45, 7) is 1.35. The number of amides is 1. The van der Waals surface area contributed by atoms with Crippen molar-refractivity contribution >= 4 is 5.91 Å². The molecule has 1 aromatic heterocycles. The molecule has 0 radical (unpaired) electrons. The summed E-state index contributed by atoms with van der Waals surface area (Å²) in [5, 5.41) is 11.6. The van der Waals surface area contributed by atoms with Gasteiger partial charge in [0.05, 0.1) is 18.7 Å². The van der Waals surface area contributed by atoms with Crippen LogP contribution in [0.5, 0.6) is 0 Å². The van der Waals surface area contributed by atoms with Gasteiger partial charge in [-0.2, -0.15) is 5.26 Å². The van der Waals surface area contributed by atoms with Crippen molar-refractivity contribution in [3.05, 3.63) is 53.1 Å². The number of aromatic nitrogens is 2. The molecule has 5 heteroatoms. The number of imidazole rings is 1. The first-order valence-corrected chi connectivity index (χ1v) is 7.05. The average molecular weight is 280 g/mol. The van der Waals surface area contributed by atoms with Crippen LogP contribution in [0.1, 0.15) is 33.9 Å². The fourth-order valence-corrected chi connectivity index (χ4v) is 2.58. The largest absolute Gasteiger partial charge is 0.347 e. The van der Waals surface area contributed by atoms with Gasteiger partial charge >= 0.3 is 0 Å². The first kappa shape index (κ1) is 13.4. The van der Waals surface area contributed by atoms with E-state index in [0.717, 1.165) is 36.3 Å². The van der Waals surface area contributed by atoms with E-state index in [2.05, 4.69) is 16.4 Å². The molecule has 1 amide bonds. The van der Waals surface area contributed by atoms with Crippen molar-refractivity contribution in [1.82, 2.24) is 14.9 Å². The molecule has 1 aliphatic heterocycles. The molecule has 1 N–H and O–H groups in total. The molecule has 3 rings (SSSR count). The molecule has 1 aliphatic rings. The number of nitriles is 1. The van der Waals surface area contributed by atoms with E-state index >= 15 is 0 Å². The second-order valence-electron chi connectivity index (χ2n) is 5.15. The van der Waals surface area contributed by atoms with Crippen molar-refractivity contribution in [3.63, 3.8) is 0 Å². The van der Waals surface area contributed by atoms with Gasteiger partial charge < -0.3 is 9.88 Å². The standard InChI is InChI=1S/C16H16N4O/c17-8-7-12-3-5-13(6-4-12)10-19-16(21)14-11-18-15-2-1-9-20(14)15/h3-6,11H,1-2,7,9-10H2,(H,19,21). The number of aryl methyl sites for hydroxylation is 1. The molecule has 2 aromatic rings. The summed E-state index contributed by atoms with van der Waals surface area (Å²) in [7, 11) is 0. The highest BCUT2D eigenvalue weighted by Crippen LogP contribution is 2.16. The molecule has 0 saturated carbocycles. The van der Waals surface area contributed by atoms with Crippen LogP contribution in [-0.4, -0.2) is 15.5 Å². The van der Waals surface area contributed by atoms with Crippen LogP contribution in [0.3, 0.4) is 0 Å². The summed E-state index contributed by atoms with van der Waals surface area (Å²) in [5.74, 6) is 0.915. The summed E-state index contributed by atoms with van der Waals surface area (Å²) >= 11 is 0. The molecule has 0 unspecified atom stereocenters. The van der Waals surface area contributed by atoms with Crippen LogP contribution < -0.4 is 5.32 Å². The number of benzene rings is 1. The highest BCUT2D eigenvalue weighted by atomic mass is 16.1. The van der Waals surface area contributed by atoms with Gasteiger partial charge in [-0.05, 0) is 17.5 Å². The lowest BCUT2D eigenvalue weighted by Gasteiger charge is -2.07. The van der Waals surface area contributed by atoms with E-state index in [-0.39, 0.29) is 5.91 Å². The lowest BCUT2D eigenvalue weighted by molar-refractivity contribution is 0.0942. The van der Waals surface area contributed by atoms with Crippen LogP contribution >= 0.6 is 0 Å². The van der Waals surface area contributed by atoms with Gasteiger partial charge in [0.25, 0.3) is 5.91 Å². The zero-order valence-electron chi connectivity index (χ0n) is 11.7. The Kier molecular flexibility index (Phi) is 3.69. The Morgan fingerprint density at radius 3 is 2.86 bits per heavy atom. The number of carbonyl (C=O) groups excluding carboxylic acids is 1. The van der Waals surface area contributed by atoms with E-state index in [9.17, 15) is 4.79 Å². The van der Waals surface area contributed by atoms with E-state index in [0.29, 0.717) is 18.7 Å². The zero-order chi connectivity index (χ0) is 14.7. The monoisotopic (exact) mass is 280 g/mol. The second kappa shape index (κ2) is 5.80. The average Bonchev–Trinajstić information content (AvgIpc) is 3.09. The maximum atomic E-state index is 12.2. The number of rotatable bonds is 4. The number of hydrogen-bond acceptors (Lipinski definition) is 3. The van der Waals surface area contributed by atoms with Crippen LogP contribution in [0.4, 0.5) is 0 Å². The van der Waals surface area contributed by atoms with E-state index < -0.39 is 0 Å². The zero-order valence-corrected chi connectivity index (χ0v) is 11.7. The van der Waals surface area contributed by atoms with Crippen molar-refractivity contribution in [2.24, 2.45) is 0 Å². The minimum absolute atomic E-state index is 0.0863. The summed E-state index contributed by atoms with van der Waals surface area (Å²) in [6, 6.07) is 9.83. The Labute approximate surface area is 123 Å². The van der Waals surface area contributed by atoms with E-state index in [1.54, 1.807) is 6.20 Å². The molecule has 0 aliphatic carbocycles. The highest BCUT2D eigenvalue weighted by Gasteiger charge is 2.19. The maximum Gasteiger partial charge on any atom is 0.269 e. The van der Waals surface area contributed by atoms with E-state index in [4.69, 9.17) is 5.26 Å². The van der Waals surface area contributed by atoms with E-state index in [1.807, 2.05) is 28.8 Å². The smallest absolute Gasteiger partial charge is 0.269 e. The van der Waals surface area contributed by atoms with Crippen LogP contribution in [-0.2, 0) is 25.9 Å². The third-order valence-electron chi connectivity index (χ3n) is 3.71. The fourth-order valence-electron chi connectivity index (χ4n) is 2.58. The van der Waals surface area contributed by atoms with Crippen molar-refractivity contribution in [2.75, 3.05) is 0 Å². The Morgan fingerprint density at radius 2 is 2.10 bits per heavy atom. The van der Waals surface area contributed by atoms with Crippen molar-refractivity contribution in [1.29, 1.82) is 5.26 Å². The van der Waals surface area contributed by atoms with Gasteiger partial charge in [-0.25, -0.2) is 4.98 Å². The molecule has 21 heavy (non-hydrogen) atoms. The number of carbonyl (C=O) groups is 1. The van der Waals surface area contributed by atoms with Gasteiger partial charge in [0.2, 0.25) is 0 Å². The number of nitrogens with zero attached hydrogens (tertiary/aromatic N) is 3. The molecular formula is C16H16N4O. The predicted octanol–water partition coefficient (Wildman–Crippen LogP) is 1.83. The molecule has 106 valence electrons. The third-order valence-corrected chi connectivity index (χ3v) is 3.71. The normalized spacial score (nSPS) is 12.7. The Bertz CT molecular complexity index is 694. The molecule has 0 fully saturated rings. The molecule has 0 atom stereocenters. The Hall–Kier alpha value is -2.61. The second-order valence-corrected chi connectivity index (χ2v) is 5.15. The lowest BCUT2D eigenvalue weighted by atomic mass is 10.1. The van der Waals surface area contributed by atoms with Crippen molar-refractivity contribution in [3.8, 4) is 6.07 Å². The highest BCUT2D eigenvalue weighted by molar-refractivity contribution is 5.92. The van der Waals surface area contributed by atoms with E-state index in [1.165, 1.54) is 0 Å². The molecular weight excluding hydrogens is 264 g/mol. The molecule has 0 spiro atoms. The Morgan fingerprint density at radius 1 is 1.33 bits per heavy atom. The Balaban J connectivity index is 1.62. The van der Waals surface area contributed by atoms with Crippen molar-refractivity contribution in [2.45, 2.75) is 32.4 Å². The minimum atomic E-state index is -0.0863. The van der Waals surface area contributed by atoms with Gasteiger partial charge in [-0.1, -0.05) is 24.3 Å². The molecule has 0 bridgehead atoms. The van der Waals surface area contributed by atoms with Gasteiger partial charge in [0.1, 0.15) is 11.5 Å². The third kappa shape index (κ3) is 2.79. The lowest BCUT2D eigenvalue weighted by Crippen LogP contribution is -2.25. The topological polar surface area (TPSA) is 70.7 Å². The molecule has 0 saturated heterocycles. The SMILES string of the molecule is N#CCc1ccc(CNC(=O)c2cnc3n2CCC3)cc1. The first-order valence-electron chi connectivity index (χ1n) is 7.05. The van der Waals surface area contributed by atoms with Crippen LogP contribution in [0.25, 0.3) is 0 Å². The van der Waals surface area contributed by atoms with Crippen LogP contribution in [0.2, 0.25) is 0 Å². The molecule has 5 nitrogen and oxygen atoms in total. The summed E-state index contributed by atoms with van der Waals surface area (Å²) in [5.41, 5.74) is 2.65.